The van der Waals surface area contributed by atoms with Gasteiger partial charge in [0.2, 0.25) is 23.6 Å². The maximum Gasteiger partial charge on any atom is 0.326 e. The monoisotopic (exact) mass is 562 g/mol. The normalized spacial score (nSPS) is 14.5. The highest BCUT2D eigenvalue weighted by Crippen LogP contribution is 2.11. The minimum atomic E-state index is -1.24. The number of carboxylic acids is 1. The van der Waals surface area contributed by atoms with Gasteiger partial charge < -0.3 is 44.0 Å². The van der Waals surface area contributed by atoms with E-state index in [-0.39, 0.29) is 44.1 Å². The lowest BCUT2D eigenvalue weighted by Gasteiger charge is -2.26. The number of primary amides is 1. The van der Waals surface area contributed by atoms with E-state index >= 15 is 0 Å². The SMILES string of the molecule is CCC(C)C(NC(=O)C(Cc1ccccc1)NC(=O)C(CCC(N)=O)NC(=O)C(N)CCCN=C(N)N)C(=O)O. The number of benzene rings is 1. The van der Waals surface area contributed by atoms with Crippen molar-refractivity contribution < 1.29 is 29.1 Å². The second-order valence-electron chi connectivity index (χ2n) is 9.58. The molecule has 1 aromatic rings. The third kappa shape index (κ3) is 12.6. The van der Waals surface area contributed by atoms with E-state index < -0.39 is 53.8 Å². The summed E-state index contributed by atoms with van der Waals surface area (Å²) < 4.78 is 0. The summed E-state index contributed by atoms with van der Waals surface area (Å²) in [5, 5.41) is 17.3. The minimum Gasteiger partial charge on any atom is -0.480 e. The van der Waals surface area contributed by atoms with E-state index in [1.54, 1.807) is 44.2 Å². The molecular formula is C26H42N8O6. The van der Waals surface area contributed by atoms with Gasteiger partial charge in [0.05, 0.1) is 6.04 Å². The van der Waals surface area contributed by atoms with Crippen molar-refractivity contribution in [3.63, 3.8) is 0 Å². The molecule has 0 aromatic heterocycles. The van der Waals surface area contributed by atoms with Gasteiger partial charge in [-0.25, -0.2) is 4.79 Å². The van der Waals surface area contributed by atoms with Crippen LogP contribution in [0.3, 0.4) is 0 Å². The maximum atomic E-state index is 13.3. The van der Waals surface area contributed by atoms with Gasteiger partial charge in [0.15, 0.2) is 5.96 Å². The number of amides is 4. The third-order valence-electron chi connectivity index (χ3n) is 6.31. The Bertz CT molecular complexity index is 1030. The highest BCUT2D eigenvalue weighted by atomic mass is 16.4. The largest absolute Gasteiger partial charge is 0.480 e. The molecule has 14 nitrogen and oxygen atoms in total. The van der Waals surface area contributed by atoms with Gasteiger partial charge in [-0.2, -0.15) is 0 Å². The fraction of sp³-hybridized carbons (Fsp3) is 0.538. The summed E-state index contributed by atoms with van der Waals surface area (Å²) in [4.78, 5) is 66.3. The highest BCUT2D eigenvalue weighted by molar-refractivity contribution is 5.94. The number of hydrogen-bond donors (Lipinski definition) is 8. The summed E-state index contributed by atoms with van der Waals surface area (Å²) in [6.45, 7) is 3.76. The molecular weight excluding hydrogens is 520 g/mol. The first-order valence-electron chi connectivity index (χ1n) is 13.1. The van der Waals surface area contributed by atoms with E-state index in [9.17, 15) is 29.1 Å². The number of aliphatic imine (C=N–C) groups is 1. The Hall–Kier alpha value is -4.20. The van der Waals surface area contributed by atoms with E-state index in [1.807, 2.05) is 0 Å². The van der Waals surface area contributed by atoms with Crippen LogP contribution in [0.25, 0.3) is 0 Å². The standard InChI is InChI=1S/C26H42N8O6/c1-3-15(2)21(25(39)40)34-24(38)19(14-16-8-5-4-6-9-16)33-23(37)18(11-12-20(28)35)32-22(36)17(27)10-7-13-31-26(29)30/h4-6,8-9,15,17-19,21H,3,7,10-14,27H2,1-2H3,(H2,28,35)(H,32,36)(H,33,37)(H,34,38)(H,39,40)(H4,29,30,31). The molecule has 0 fully saturated rings. The summed E-state index contributed by atoms with van der Waals surface area (Å²) in [6.07, 6.45) is 0.815. The Labute approximate surface area is 233 Å². The number of nitrogens with two attached hydrogens (primary N) is 4. The lowest BCUT2D eigenvalue weighted by Crippen LogP contribution is -2.58. The Morgan fingerprint density at radius 1 is 0.900 bits per heavy atom. The highest BCUT2D eigenvalue weighted by Gasteiger charge is 2.32. The van der Waals surface area contributed by atoms with E-state index in [0.717, 1.165) is 0 Å². The van der Waals surface area contributed by atoms with Crippen LogP contribution < -0.4 is 38.9 Å². The second-order valence-corrected chi connectivity index (χ2v) is 9.58. The number of carbonyl (C=O) groups excluding carboxylic acids is 4. The molecule has 0 bridgehead atoms. The van der Waals surface area contributed by atoms with Gasteiger partial charge in [0, 0.05) is 19.4 Å². The van der Waals surface area contributed by atoms with Gasteiger partial charge in [-0.05, 0) is 30.7 Å². The van der Waals surface area contributed by atoms with Gasteiger partial charge in [-0.3, -0.25) is 24.2 Å². The number of aliphatic carboxylic acids is 1. The lowest BCUT2D eigenvalue weighted by molar-refractivity contribution is -0.143. The van der Waals surface area contributed by atoms with Crippen LogP contribution in [-0.4, -0.2) is 71.4 Å². The van der Waals surface area contributed by atoms with E-state index in [1.165, 1.54) is 0 Å². The number of nitrogens with zero attached hydrogens (tertiary/aromatic N) is 1. The third-order valence-corrected chi connectivity index (χ3v) is 6.31. The quantitative estimate of drug-likeness (QED) is 0.0585. The zero-order valence-electron chi connectivity index (χ0n) is 23.0. The number of carbonyl (C=O) groups is 5. The molecule has 0 aliphatic heterocycles. The summed E-state index contributed by atoms with van der Waals surface area (Å²) in [6, 6.07) is 4.24. The molecule has 1 aromatic carbocycles. The molecule has 1 rings (SSSR count). The smallest absolute Gasteiger partial charge is 0.326 e. The van der Waals surface area contributed by atoms with Crippen LogP contribution in [0.15, 0.2) is 35.3 Å². The zero-order chi connectivity index (χ0) is 30.2. The number of carboxylic acid groups (broad SMARTS) is 1. The average molecular weight is 563 g/mol. The molecule has 0 spiro atoms. The Balaban J connectivity index is 3.10. The predicted molar refractivity (Wildman–Crippen MR) is 149 cm³/mol. The molecule has 0 heterocycles. The van der Waals surface area contributed by atoms with Crippen LogP contribution in [0.2, 0.25) is 0 Å². The molecule has 222 valence electrons. The summed E-state index contributed by atoms with van der Waals surface area (Å²) >= 11 is 0. The molecule has 0 aliphatic carbocycles. The van der Waals surface area contributed by atoms with Crippen molar-refractivity contribution >= 4 is 35.6 Å². The maximum absolute atomic E-state index is 13.3. The van der Waals surface area contributed by atoms with Gasteiger partial charge in [-0.15, -0.1) is 0 Å². The molecule has 0 radical (unpaired) electrons. The first-order chi connectivity index (χ1) is 18.8. The first-order valence-corrected chi connectivity index (χ1v) is 13.1. The zero-order valence-corrected chi connectivity index (χ0v) is 23.0. The van der Waals surface area contributed by atoms with Crippen molar-refractivity contribution in [3.05, 3.63) is 35.9 Å². The molecule has 4 amide bonds. The molecule has 5 unspecified atom stereocenters. The van der Waals surface area contributed by atoms with Crippen molar-refractivity contribution in [1.82, 2.24) is 16.0 Å². The van der Waals surface area contributed by atoms with Crippen LogP contribution in [-0.2, 0) is 30.4 Å². The minimum absolute atomic E-state index is 0.0477. The Morgan fingerprint density at radius 2 is 1.50 bits per heavy atom. The Kier molecular flexibility index (Phi) is 14.7. The number of nitrogens with one attached hydrogen (secondary N) is 3. The van der Waals surface area contributed by atoms with E-state index in [0.29, 0.717) is 18.4 Å². The van der Waals surface area contributed by atoms with Crippen molar-refractivity contribution in [1.29, 1.82) is 0 Å². The van der Waals surface area contributed by atoms with Crippen molar-refractivity contribution in [2.75, 3.05) is 6.54 Å². The van der Waals surface area contributed by atoms with Crippen LogP contribution in [0.4, 0.5) is 0 Å². The molecule has 5 atom stereocenters. The van der Waals surface area contributed by atoms with E-state index in [4.69, 9.17) is 22.9 Å². The van der Waals surface area contributed by atoms with Crippen molar-refractivity contribution in [3.8, 4) is 0 Å². The van der Waals surface area contributed by atoms with Crippen LogP contribution >= 0.6 is 0 Å². The Morgan fingerprint density at radius 3 is 2.05 bits per heavy atom. The van der Waals surface area contributed by atoms with Crippen LogP contribution in [0.1, 0.15) is 51.5 Å². The first kappa shape index (κ1) is 33.8. The van der Waals surface area contributed by atoms with Gasteiger partial charge in [0.25, 0.3) is 0 Å². The summed E-state index contributed by atoms with van der Waals surface area (Å²) in [5.41, 5.74) is 22.5. The van der Waals surface area contributed by atoms with Crippen molar-refractivity contribution in [2.24, 2.45) is 33.8 Å². The topological polar surface area (TPSA) is 258 Å². The van der Waals surface area contributed by atoms with E-state index in [2.05, 4.69) is 20.9 Å². The molecule has 12 N–H and O–H groups in total. The van der Waals surface area contributed by atoms with Crippen molar-refractivity contribution in [2.45, 2.75) is 76.5 Å². The van der Waals surface area contributed by atoms with Crippen LogP contribution in [0.5, 0.6) is 0 Å². The molecule has 0 saturated carbocycles. The molecule has 14 heteroatoms. The number of guanidine groups is 1. The lowest BCUT2D eigenvalue weighted by atomic mass is 9.98. The van der Waals surface area contributed by atoms with Gasteiger partial charge in [0.1, 0.15) is 18.1 Å². The molecule has 40 heavy (non-hydrogen) atoms. The fourth-order valence-corrected chi connectivity index (χ4v) is 3.75. The van der Waals surface area contributed by atoms with Crippen LogP contribution in [0, 0.1) is 5.92 Å². The average Bonchev–Trinajstić information content (AvgIpc) is 2.90. The fourth-order valence-electron chi connectivity index (χ4n) is 3.75. The predicted octanol–water partition coefficient (Wildman–Crippen LogP) is -1.54. The second kappa shape index (κ2) is 17.4. The number of hydrogen-bond acceptors (Lipinski definition) is 7. The van der Waals surface area contributed by atoms with Gasteiger partial charge in [-0.1, -0.05) is 50.6 Å². The molecule has 0 aliphatic rings. The van der Waals surface area contributed by atoms with Gasteiger partial charge >= 0.3 is 5.97 Å². The number of rotatable bonds is 18. The summed E-state index contributed by atoms with van der Waals surface area (Å²) in [7, 11) is 0. The summed E-state index contributed by atoms with van der Waals surface area (Å²) in [5.74, 6) is -4.46. The molecule has 0 saturated heterocycles.